The number of nitrogens with two attached hydrogens (primary N) is 1. The average Bonchev–Trinajstić information content (AvgIpc) is 2.77. The Hall–Kier alpha value is -1.49. The van der Waals surface area contributed by atoms with Crippen LogP contribution in [0.25, 0.3) is 0 Å². The molecule has 1 saturated heterocycles. The Morgan fingerprint density at radius 3 is 3.06 bits per heavy atom. The lowest BCUT2D eigenvalue weighted by Crippen LogP contribution is -2.34. The first-order valence-corrected chi connectivity index (χ1v) is 5.81. The highest BCUT2D eigenvalue weighted by Crippen LogP contribution is 2.18. The number of likely N-dealkylation sites (tertiary alicyclic amines) is 1. The van der Waals surface area contributed by atoms with Crippen molar-refractivity contribution in [2.75, 3.05) is 19.7 Å². The average molecular weight is 256 g/mol. The van der Waals surface area contributed by atoms with E-state index in [-0.39, 0.29) is 6.03 Å². The van der Waals surface area contributed by atoms with Crippen LogP contribution >= 0.6 is 11.6 Å². The zero-order chi connectivity index (χ0) is 12.3. The first kappa shape index (κ1) is 12.0. The maximum atomic E-state index is 10.9. The third-order valence-electron chi connectivity index (χ3n) is 2.76. The van der Waals surface area contributed by atoms with Crippen molar-refractivity contribution in [2.45, 2.75) is 6.42 Å². The van der Waals surface area contributed by atoms with Crippen LogP contribution in [-0.2, 0) is 0 Å². The predicted molar refractivity (Wildman–Crippen MR) is 64.0 cm³/mol. The van der Waals surface area contributed by atoms with E-state index < -0.39 is 0 Å². The van der Waals surface area contributed by atoms with Crippen LogP contribution in [-0.4, -0.2) is 35.6 Å². The standard InChI is InChI=1S/C11H14ClN3O2/c12-9-1-2-10(14-5-9)17-7-8-3-4-15(6-8)11(13)16/h1-2,5,8H,3-4,6-7H2,(H2,13,16)/t8-/m1/s1. The van der Waals surface area contributed by atoms with E-state index in [0.29, 0.717) is 36.5 Å². The Morgan fingerprint density at radius 2 is 2.47 bits per heavy atom. The van der Waals surface area contributed by atoms with Crippen molar-refractivity contribution < 1.29 is 9.53 Å². The molecule has 0 bridgehead atoms. The number of ether oxygens (including phenoxy) is 1. The number of urea groups is 1. The number of primary amides is 1. The SMILES string of the molecule is NC(=O)N1CC[C@@H](COc2ccc(Cl)cn2)C1. The number of aromatic nitrogens is 1. The monoisotopic (exact) mass is 255 g/mol. The van der Waals surface area contributed by atoms with Gasteiger partial charge in [-0.1, -0.05) is 11.6 Å². The molecule has 92 valence electrons. The quantitative estimate of drug-likeness (QED) is 0.890. The molecule has 0 radical (unpaired) electrons. The molecular weight excluding hydrogens is 242 g/mol. The molecule has 2 amide bonds. The Labute approximate surface area is 105 Å². The highest BCUT2D eigenvalue weighted by atomic mass is 35.5. The summed E-state index contributed by atoms with van der Waals surface area (Å²) >= 11 is 5.72. The Balaban J connectivity index is 1.80. The molecule has 17 heavy (non-hydrogen) atoms. The second-order valence-corrected chi connectivity index (χ2v) is 4.50. The first-order valence-electron chi connectivity index (χ1n) is 5.44. The molecule has 0 spiro atoms. The third-order valence-corrected chi connectivity index (χ3v) is 2.99. The van der Waals surface area contributed by atoms with Crippen LogP contribution < -0.4 is 10.5 Å². The summed E-state index contributed by atoms with van der Waals surface area (Å²) < 4.78 is 5.52. The van der Waals surface area contributed by atoms with Gasteiger partial charge in [0.25, 0.3) is 0 Å². The molecule has 0 aromatic carbocycles. The maximum Gasteiger partial charge on any atom is 0.314 e. The third kappa shape index (κ3) is 3.23. The summed E-state index contributed by atoms with van der Waals surface area (Å²) in [6.45, 7) is 1.90. The zero-order valence-electron chi connectivity index (χ0n) is 9.30. The van der Waals surface area contributed by atoms with Gasteiger partial charge in [0.15, 0.2) is 0 Å². The molecule has 1 atom stereocenters. The molecule has 1 fully saturated rings. The molecule has 5 nitrogen and oxygen atoms in total. The van der Waals surface area contributed by atoms with Crippen molar-refractivity contribution in [3.8, 4) is 5.88 Å². The minimum Gasteiger partial charge on any atom is -0.477 e. The van der Waals surface area contributed by atoms with Gasteiger partial charge in [-0.25, -0.2) is 9.78 Å². The number of hydrogen-bond donors (Lipinski definition) is 1. The van der Waals surface area contributed by atoms with Crippen LogP contribution in [0.1, 0.15) is 6.42 Å². The summed E-state index contributed by atoms with van der Waals surface area (Å²) in [7, 11) is 0. The number of carbonyl (C=O) groups excluding carboxylic acids is 1. The molecule has 0 unspecified atom stereocenters. The first-order chi connectivity index (χ1) is 8.15. The lowest BCUT2D eigenvalue weighted by Gasteiger charge is -2.13. The molecule has 0 aliphatic carbocycles. The Kier molecular flexibility index (Phi) is 3.68. The van der Waals surface area contributed by atoms with Gasteiger partial charge in [-0.2, -0.15) is 0 Å². The Morgan fingerprint density at radius 1 is 1.65 bits per heavy atom. The maximum absolute atomic E-state index is 10.9. The van der Waals surface area contributed by atoms with Gasteiger partial charge in [0.1, 0.15) is 0 Å². The van der Waals surface area contributed by atoms with Crippen molar-refractivity contribution in [1.82, 2.24) is 9.88 Å². The summed E-state index contributed by atoms with van der Waals surface area (Å²) in [6, 6.07) is 3.09. The second-order valence-electron chi connectivity index (χ2n) is 4.06. The van der Waals surface area contributed by atoms with E-state index >= 15 is 0 Å². The van der Waals surface area contributed by atoms with Crippen LogP contribution in [0.5, 0.6) is 5.88 Å². The van der Waals surface area contributed by atoms with Gasteiger partial charge >= 0.3 is 6.03 Å². The molecule has 1 aliphatic rings. The molecule has 1 aromatic rings. The highest BCUT2D eigenvalue weighted by Gasteiger charge is 2.25. The van der Waals surface area contributed by atoms with Crippen LogP contribution in [0.3, 0.4) is 0 Å². The van der Waals surface area contributed by atoms with E-state index in [2.05, 4.69) is 4.98 Å². The topological polar surface area (TPSA) is 68.5 Å². The fraction of sp³-hybridized carbons (Fsp3) is 0.455. The normalized spacial score (nSPS) is 19.4. The van der Waals surface area contributed by atoms with Gasteiger partial charge in [0, 0.05) is 31.3 Å². The molecule has 1 aliphatic heterocycles. The largest absolute Gasteiger partial charge is 0.477 e. The summed E-state index contributed by atoms with van der Waals surface area (Å²) in [5.41, 5.74) is 5.20. The van der Waals surface area contributed by atoms with E-state index in [9.17, 15) is 4.79 Å². The van der Waals surface area contributed by atoms with E-state index in [4.69, 9.17) is 22.1 Å². The smallest absolute Gasteiger partial charge is 0.314 e. The molecule has 6 heteroatoms. The Bertz CT molecular complexity index is 396. The number of hydrogen-bond acceptors (Lipinski definition) is 3. The van der Waals surface area contributed by atoms with Crippen LogP contribution in [0.15, 0.2) is 18.3 Å². The number of carbonyl (C=O) groups is 1. The van der Waals surface area contributed by atoms with Crippen molar-refractivity contribution in [1.29, 1.82) is 0 Å². The molecule has 1 aromatic heterocycles. The molecule has 2 N–H and O–H groups in total. The van der Waals surface area contributed by atoms with Gasteiger partial charge in [-0.3, -0.25) is 0 Å². The summed E-state index contributed by atoms with van der Waals surface area (Å²) in [6.07, 6.45) is 2.46. The van der Waals surface area contributed by atoms with Crippen molar-refractivity contribution in [2.24, 2.45) is 11.7 Å². The lowest BCUT2D eigenvalue weighted by molar-refractivity contribution is 0.209. The molecular formula is C11H14ClN3O2. The van der Waals surface area contributed by atoms with Crippen molar-refractivity contribution in [3.63, 3.8) is 0 Å². The predicted octanol–water partition coefficient (Wildman–Crippen LogP) is 1.51. The highest BCUT2D eigenvalue weighted by molar-refractivity contribution is 6.30. The minimum atomic E-state index is -0.364. The van der Waals surface area contributed by atoms with Crippen LogP contribution in [0.2, 0.25) is 5.02 Å². The molecule has 2 heterocycles. The summed E-state index contributed by atoms with van der Waals surface area (Å²) in [4.78, 5) is 16.6. The fourth-order valence-corrected chi connectivity index (χ4v) is 1.93. The number of pyridine rings is 1. The van der Waals surface area contributed by atoms with Crippen LogP contribution in [0, 0.1) is 5.92 Å². The molecule has 0 saturated carbocycles. The van der Waals surface area contributed by atoms with Gasteiger partial charge in [0.2, 0.25) is 5.88 Å². The van der Waals surface area contributed by atoms with Gasteiger partial charge in [0.05, 0.1) is 11.6 Å². The number of rotatable bonds is 3. The zero-order valence-corrected chi connectivity index (χ0v) is 10.1. The summed E-state index contributed by atoms with van der Waals surface area (Å²) in [5.74, 6) is 0.868. The van der Waals surface area contributed by atoms with E-state index in [1.54, 1.807) is 23.2 Å². The van der Waals surface area contributed by atoms with E-state index in [1.165, 1.54) is 0 Å². The second kappa shape index (κ2) is 5.23. The van der Waals surface area contributed by atoms with Gasteiger partial charge in [-0.05, 0) is 12.5 Å². The van der Waals surface area contributed by atoms with Gasteiger partial charge < -0.3 is 15.4 Å². The fourth-order valence-electron chi connectivity index (χ4n) is 1.82. The number of amides is 2. The summed E-state index contributed by atoms with van der Waals surface area (Å²) in [5, 5.41) is 0.582. The number of nitrogens with zero attached hydrogens (tertiary/aromatic N) is 2. The van der Waals surface area contributed by atoms with E-state index in [0.717, 1.165) is 6.42 Å². The van der Waals surface area contributed by atoms with Crippen LogP contribution in [0.4, 0.5) is 4.79 Å². The minimum absolute atomic E-state index is 0.319. The van der Waals surface area contributed by atoms with Crippen molar-refractivity contribution in [3.05, 3.63) is 23.4 Å². The number of halogens is 1. The van der Waals surface area contributed by atoms with Gasteiger partial charge in [-0.15, -0.1) is 0 Å². The lowest BCUT2D eigenvalue weighted by atomic mass is 10.1. The molecule has 2 rings (SSSR count). The van der Waals surface area contributed by atoms with E-state index in [1.807, 2.05) is 0 Å². The van der Waals surface area contributed by atoms with Crippen molar-refractivity contribution >= 4 is 17.6 Å².